The van der Waals surface area contributed by atoms with E-state index >= 15 is 0 Å². The highest BCUT2D eigenvalue weighted by atomic mass is 127. The van der Waals surface area contributed by atoms with Crippen LogP contribution in [0, 0.1) is 17.4 Å². The van der Waals surface area contributed by atoms with E-state index in [0.717, 1.165) is 36.9 Å². The molecule has 1 heterocycles. The standard InChI is InChI=1S/C20H17IN2O3S/c1-12-3-8-16(13(2)9-12)22-18(24)11-23-19(25)17(27-20(23)26)10-14-4-6-15(21)7-5-14/h3-10H,11H2,1-2H3,(H,22,24)/b17-10-. The van der Waals surface area contributed by atoms with Gasteiger partial charge in [0, 0.05) is 9.26 Å². The minimum Gasteiger partial charge on any atom is -0.324 e. The van der Waals surface area contributed by atoms with Gasteiger partial charge in [-0.05, 0) is 83.6 Å². The second-order valence-electron chi connectivity index (χ2n) is 6.19. The summed E-state index contributed by atoms with van der Waals surface area (Å²) in [7, 11) is 0. The summed E-state index contributed by atoms with van der Waals surface area (Å²) in [5, 5.41) is 2.32. The maximum atomic E-state index is 12.5. The van der Waals surface area contributed by atoms with Gasteiger partial charge in [-0.25, -0.2) is 0 Å². The number of hydrogen-bond donors (Lipinski definition) is 1. The van der Waals surface area contributed by atoms with Crippen molar-refractivity contribution in [1.82, 2.24) is 4.90 Å². The Hall–Kier alpha value is -2.13. The van der Waals surface area contributed by atoms with Crippen LogP contribution in [-0.4, -0.2) is 28.5 Å². The average Bonchev–Trinajstić information content (AvgIpc) is 2.87. The summed E-state index contributed by atoms with van der Waals surface area (Å²) in [6.07, 6.45) is 1.67. The lowest BCUT2D eigenvalue weighted by Crippen LogP contribution is -2.36. The lowest BCUT2D eigenvalue weighted by atomic mass is 10.1. The van der Waals surface area contributed by atoms with Crippen LogP contribution < -0.4 is 5.32 Å². The van der Waals surface area contributed by atoms with Crippen LogP contribution in [0.25, 0.3) is 6.08 Å². The first kappa shape index (κ1) is 19.6. The quantitative estimate of drug-likeness (QED) is 0.501. The van der Waals surface area contributed by atoms with Crippen LogP contribution >= 0.6 is 34.4 Å². The van der Waals surface area contributed by atoms with Gasteiger partial charge in [0.1, 0.15) is 6.54 Å². The fourth-order valence-electron chi connectivity index (χ4n) is 2.63. The first-order chi connectivity index (χ1) is 12.8. The van der Waals surface area contributed by atoms with Crippen molar-refractivity contribution in [2.45, 2.75) is 13.8 Å². The van der Waals surface area contributed by atoms with Gasteiger partial charge in [-0.15, -0.1) is 0 Å². The second-order valence-corrected chi connectivity index (χ2v) is 8.42. The molecule has 1 saturated heterocycles. The number of imide groups is 1. The molecule has 0 saturated carbocycles. The van der Waals surface area contributed by atoms with Crippen molar-refractivity contribution < 1.29 is 14.4 Å². The molecule has 1 aliphatic rings. The first-order valence-corrected chi connectivity index (χ1v) is 10.1. The Morgan fingerprint density at radius 1 is 1.15 bits per heavy atom. The van der Waals surface area contributed by atoms with Crippen molar-refractivity contribution in [3.05, 3.63) is 67.6 Å². The first-order valence-electron chi connectivity index (χ1n) is 8.21. The Balaban J connectivity index is 1.69. The molecule has 0 aliphatic carbocycles. The predicted molar refractivity (Wildman–Crippen MR) is 116 cm³/mol. The topological polar surface area (TPSA) is 66.5 Å². The van der Waals surface area contributed by atoms with Gasteiger partial charge in [0.2, 0.25) is 5.91 Å². The molecular weight excluding hydrogens is 475 g/mol. The molecule has 1 fully saturated rings. The summed E-state index contributed by atoms with van der Waals surface area (Å²) < 4.78 is 1.08. The molecule has 3 amide bonds. The van der Waals surface area contributed by atoms with E-state index in [1.54, 1.807) is 6.08 Å². The minimum absolute atomic E-state index is 0.304. The monoisotopic (exact) mass is 492 g/mol. The van der Waals surface area contributed by atoms with Crippen molar-refractivity contribution in [3.63, 3.8) is 0 Å². The van der Waals surface area contributed by atoms with Crippen molar-refractivity contribution in [2.24, 2.45) is 0 Å². The number of carbonyl (C=O) groups is 3. The molecule has 1 aliphatic heterocycles. The zero-order chi connectivity index (χ0) is 19.6. The van der Waals surface area contributed by atoms with Crippen molar-refractivity contribution in [1.29, 1.82) is 0 Å². The number of thioether (sulfide) groups is 1. The molecule has 3 rings (SSSR count). The van der Waals surface area contributed by atoms with E-state index in [1.165, 1.54) is 0 Å². The van der Waals surface area contributed by atoms with Gasteiger partial charge in [0.05, 0.1) is 4.91 Å². The molecule has 0 spiro atoms. The highest BCUT2D eigenvalue weighted by Crippen LogP contribution is 2.32. The Kier molecular flexibility index (Phi) is 6.01. The molecule has 0 radical (unpaired) electrons. The van der Waals surface area contributed by atoms with E-state index in [-0.39, 0.29) is 6.54 Å². The third-order valence-corrected chi connectivity index (χ3v) is 5.63. The number of rotatable bonds is 4. The third-order valence-electron chi connectivity index (χ3n) is 4.00. The van der Waals surface area contributed by atoms with E-state index < -0.39 is 17.1 Å². The Labute approximate surface area is 175 Å². The Morgan fingerprint density at radius 2 is 1.85 bits per heavy atom. The van der Waals surface area contributed by atoms with Crippen LogP contribution in [0.1, 0.15) is 16.7 Å². The highest BCUT2D eigenvalue weighted by Gasteiger charge is 2.36. The molecule has 27 heavy (non-hydrogen) atoms. The lowest BCUT2D eigenvalue weighted by Gasteiger charge is -2.14. The maximum Gasteiger partial charge on any atom is 0.294 e. The number of nitrogens with one attached hydrogen (secondary N) is 1. The van der Waals surface area contributed by atoms with Crippen LogP contribution in [0.4, 0.5) is 10.5 Å². The molecule has 2 aromatic carbocycles. The summed E-state index contributed by atoms with van der Waals surface area (Å²) in [5.41, 5.74) is 3.53. The number of hydrogen-bond acceptors (Lipinski definition) is 4. The van der Waals surface area contributed by atoms with E-state index in [2.05, 4.69) is 27.9 Å². The Bertz CT molecular complexity index is 954. The molecule has 138 valence electrons. The molecule has 5 nitrogen and oxygen atoms in total. The van der Waals surface area contributed by atoms with Gasteiger partial charge in [-0.2, -0.15) is 0 Å². The van der Waals surface area contributed by atoms with Gasteiger partial charge in [-0.1, -0.05) is 29.8 Å². The van der Waals surface area contributed by atoms with Crippen LogP contribution in [-0.2, 0) is 9.59 Å². The van der Waals surface area contributed by atoms with Crippen LogP contribution in [0.5, 0.6) is 0 Å². The largest absolute Gasteiger partial charge is 0.324 e. The SMILES string of the molecule is Cc1ccc(NC(=O)CN2C(=O)S/C(=C\c3ccc(I)cc3)C2=O)c(C)c1. The lowest BCUT2D eigenvalue weighted by molar-refractivity contribution is -0.127. The van der Waals surface area contributed by atoms with Crippen molar-refractivity contribution >= 4 is 63.2 Å². The molecule has 2 aromatic rings. The molecule has 0 bridgehead atoms. The van der Waals surface area contributed by atoms with E-state index in [0.29, 0.717) is 10.6 Å². The molecule has 0 aromatic heterocycles. The molecule has 1 N–H and O–H groups in total. The van der Waals surface area contributed by atoms with Crippen LogP contribution in [0.15, 0.2) is 47.4 Å². The van der Waals surface area contributed by atoms with Gasteiger partial charge in [-0.3, -0.25) is 19.3 Å². The highest BCUT2D eigenvalue weighted by molar-refractivity contribution is 14.1. The maximum absolute atomic E-state index is 12.5. The zero-order valence-electron chi connectivity index (χ0n) is 14.8. The predicted octanol–water partition coefficient (Wildman–Crippen LogP) is 4.58. The van der Waals surface area contributed by atoms with Crippen LogP contribution in [0.3, 0.4) is 0 Å². The number of carbonyl (C=O) groups excluding carboxylic acids is 3. The van der Waals surface area contributed by atoms with Gasteiger partial charge >= 0.3 is 0 Å². The van der Waals surface area contributed by atoms with Gasteiger partial charge in [0.25, 0.3) is 11.1 Å². The van der Waals surface area contributed by atoms with E-state index in [1.807, 2.05) is 56.3 Å². The number of amides is 3. The Morgan fingerprint density at radius 3 is 2.52 bits per heavy atom. The summed E-state index contributed by atoms with van der Waals surface area (Å²) in [4.78, 5) is 38.3. The average molecular weight is 492 g/mol. The molecule has 7 heteroatoms. The number of anilines is 1. The van der Waals surface area contributed by atoms with E-state index in [9.17, 15) is 14.4 Å². The van der Waals surface area contributed by atoms with Gasteiger partial charge in [0.15, 0.2) is 0 Å². The smallest absolute Gasteiger partial charge is 0.294 e. The molecule has 0 atom stereocenters. The summed E-state index contributed by atoms with van der Waals surface area (Å²) in [6, 6.07) is 13.3. The third kappa shape index (κ3) is 4.78. The van der Waals surface area contributed by atoms with E-state index in [4.69, 9.17) is 0 Å². The summed E-state index contributed by atoms with van der Waals surface area (Å²) in [5.74, 6) is -0.848. The normalized spacial score (nSPS) is 15.5. The number of benzene rings is 2. The number of nitrogens with zero attached hydrogens (tertiary/aromatic N) is 1. The molecular formula is C20H17IN2O3S. The van der Waals surface area contributed by atoms with Crippen molar-refractivity contribution in [2.75, 3.05) is 11.9 Å². The summed E-state index contributed by atoms with van der Waals surface area (Å²) >= 11 is 3.05. The fourth-order valence-corrected chi connectivity index (χ4v) is 3.83. The van der Waals surface area contributed by atoms with Gasteiger partial charge < -0.3 is 5.32 Å². The van der Waals surface area contributed by atoms with Crippen molar-refractivity contribution in [3.8, 4) is 0 Å². The second kappa shape index (κ2) is 8.26. The summed E-state index contributed by atoms with van der Waals surface area (Å²) in [6.45, 7) is 3.56. The number of aryl methyl sites for hydroxylation is 2. The fraction of sp³-hybridized carbons (Fsp3) is 0.150. The molecule has 0 unspecified atom stereocenters. The number of halogens is 1. The minimum atomic E-state index is -0.445. The van der Waals surface area contributed by atoms with Crippen LogP contribution in [0.2, 0.25) is 0 Å². The zero-order valence-corrected chi connectivity index (χ0v) is 17.8.